The molecule has 2 rings (SSSR count). The summed E-state index contributed by atoms with van der Waals surface area (Å²) in [6, 6.07) is 12.7. The molecule has 0 radical (unpaired) electrons. The minimum Gasteiger partial charge on any atom is -0.381 e. The molecule has 1 aromatic heterocycles. The zero-order valence-corrected chi connectivity index (χ0v) is 12.2. The molecular formula is C17H21N3. The standard InChI is InChI=1S/C17H21N3/c1-3-4-5-14-6-8-16(9-7-14)19-12-15-10-17(11-18)20(2)13-15/h6-10,13,19H,3-5,12H2,1-2H3. The second kappa shape index (κ2) is 6.81. The van der Waals surface area contributed by atoms with Gasteiger partial charge < -0.3 is 9.88 Å². The Balaban J connectivity index is 1.91. The van der Waals surface area contributed by atoms with Gasteiger partial charge in [0.25, 0.3) is 0 Å². The molecule has 0 aliphatic heterocycles. The molecule has 1 aromatic carbocycles. The Morgan fingerprint density at radius 1 is 1.20 bits per heavy atom. The van der Waals surface area contributed by atoms with Gasteiger partial charge >= 0.3 is 0 Å². The Labute approximate surface area is 120 Å². The fourth-order valence-corrected chi connectivity index (χ4v) is 2.22. The predicted octanol–water partition coefficient (Wildman–Crippen LogP) is 3.85. The second-order valence-corrected chi connectivity index (χ2v) is 5.11. The molecule has 0 atom stereocenters. The van der Waals surface area contributed by atoms with Crippen molar-refractivity contribution in [1.29, 1.82) is 5.26 Å². The van der Waals surface area contributed by atoms with Crippen molar-refractivity contribution in [2.45, 2.75) is 32.7 Å². The third kappa shape index (κ3) is 3.64. The lowest BCUT2D eigenvalue weighted by atomic mass is 10.1. The molecule has 104 valence electrons. The molecule has 1 heterocycles. The Bertz CT molecular complexity index is 588. The van der Waals surface area contributed by atoms with Gasteiger partial charge in [-0.2, -0.15) is 5.26 Å². The topological polar surface area (TPSA) is 40.8 Å². The average molecular weight is 267 g/mol. The maximum absolute atomic E-state index is 8.93. The van der Waals surface area contributed by atoms with Gasteiger partial charge in [-0.3, -0.25) is 0 Å². The number of nitriles is 1. The van der Waals surface area contributed by atoms with E-state index in [1.165, 1.54) is 18.4 Å². The van der Waals surface area contributed by atoms with Crippen LogP contribution >= 0.6 is 0 Å². The first-order valence-corrected chi connectivity index (χ1v) is 7.11. The van der Waals surface area contributed by atoms with Crippen molar-refractivity contribution in [2.75, 3.05) is 5.32 Å². The van der Waals surface area contributed by atoms with E-state index in [1.807, 2.05) is 23.9 Å². The van der Waals surface area contributed by atoms with Crippen molar-refractivity contribution in [2.24, 2.45) is 7.05 Å². The van der Waals surface area contributed by atoms with Gasteiger partial charge in [-0.15, -0.1) is 0 Å². The zero-order chi connectivity index (χ0) is 14.4. The highest BCUT2D eigenvalue weighted by Crippen LogP contribution is 2.14. The molecule has 2 aromatic rings. The fourth-order valence-electron chi connectivity index (χ4n) is 2.22. The molecular weight excluding hydrogens is 246 g/mol. The molecule has 0 saturated heterocycles. The first-order valence-electron chi connectivity index (χ1n) is 7.11. The number of rotatable bonds is 6. The molecule has 0 spiro atoms. The highest BCUT2D eigenvalue weighted by atomic mass is 14.9. The number of nitrogens with one attached hydrogen (secondary N) is 1. The Kier molecular flexibility index (Phi) is 4.84. The summed E-state index contributed by atoms with van der Waals surface area (Å²) < 4.78 is 1.85. The zero-order valence-electron chi connectivity index (χ0n) is 12.2. The highest BCUT2D eigenvalue weighted by molar-refractivity contribution is 5.45. The minimum atomic E-state index is 0.691. The first-order chi connectivity index (χ1) is 9.72. The smallest absolute Gasteiger partial charge is 0.120 e. The van der Waals surface area contributed by atoms with Crippen LogP contribution in [0.2, 0.25) is 0 Å². The highest BCUT2D eigenvalue weighted by Gasteiger charge is 2.02. The molecule has 20 heavy (non-hydrogen) atoms. The van der Waals surface area contributed by atoms with E-state index >= 15 is 0 Å². The Hall–Kier alpha value is -2.21. The summed E-state index contributed by atoms with van der Waals surface area (Å²) in [5.41, 5.74) is 4.33. The molecule has 0 amide bonds. The lowest BCUT2D eigenvalue weighted by Crippen LogP contribution is -1.98. The number of benzene rings is 1. The molecule has 3 nitrogen and oxygen atoms in total. The van der Waals surface area contributed by atoms with Gasteiger partial charge in [0.05, 0.1) is 0 Å². The maximum atomic E-state index is 8.93. The van der Waals surface area contributed by atoms with E-state index in [1.54, 1.807) is 0 Å². The van der Waals surface area contributed by atoms with Gasteiger partial charge in [0.15, 0.2) is 0 Å². The van der Waals surface area contributed by atoms with E-state index in [4.69, 9.17) is 5.26 Å². The average Bonchev–Trinajstić information content (AvgIpc) is 2.84. The van der Waals surface area contributed by atoms with E-state index in [0.29, 0.717) is 5.69 Å². The van der Waals surface area contributed by atoms with Crippen molar-refractivity contribution >= 4 is 5.69 Å². The number of nitrogens with zero attached hydrogens (tertiary/aromatic N) is 2. The van der Waals surface area contributed by atoms with Crippen LogP contribution in [0.25, 0.3) is 0 Å². The minimum absolute atomic E-state index is 0.691. The monoisotopic (exact) mass is 267 g/mol. The number of hydrogen-bond donors (Lipinski definition) is 1. The van der Waals surface area contributed by atoms with Gasteiger partial charge in [-0.25, -0.2) is 0 Å². The second-order valence-electron chi connectivity index (χ2n) is 5.11. The number of hydrogen-bond acceptors (Lipinski definition) is 2. The van der Waals surface area contributed by atoms with Crippen molar-refractivity contribution in [3.05, 3.63) is 53.3 Å². The Morgan fingerprint density at radius 2 is 1.95 bits per heavy atom. The third-order valence-electron chi connectivity index (χ3n) is 3.45. The molecule has 0 aliphatic rings. The van der Waals surface area contributed by atoms with Gasteiger partial charge in [0.1, 0.15) is 11.8 Å². The SMILES string of the molecule is CCCCc1ccc(NCc2cc(C#N)n(C)c2)cc1. The lowest BCUT2D eigenvalue weighted by molar-refractivity contribution is 0.795. The Morgan fingerprint density at radius 3 is 2.55 bits per heavy atom. The van der Waals surface area contributed by atoms with Crippen LogP contribution in [0.5, 0.6) is 0 Å². The summed E-state index contributed by atoms with van der Waals surface area (Å²) in [7, 11) is 1.89. The molecule has 0 saturated carbocycles. The van der Waals surface area contributed by atoms with Crippen LogP contribution in [0.3, 0.4) is 0 Å². The van der Waals surface area contributed by atoms with E-state index in [9.17, 15) is 0 Å². The first kappa shape index (κ1) is 14.2. The quantitative estimate of drug-likeness (QED) is 0.863. The van der Waals surface area contributed by atoms with Crippen LogP contribution in [-0.4, -0.2) is 4.57 Å². The molecule has 0 bridgehead atoms. The van der Waals surface area contributed by atoms with Crippen LogP contribution in [0.4, 0.5) is 5.69 Å². The molecule has 1 N–H and O–H groups in total. The summed E-state index contributed by atoms with van der Waals surface area (Å²) in [6.07, 6.45) is 5.62. The molecule has 0 unspecified atom stereocenters. The lowest BCUT2D eigenvalue weighted by Gasteiger charge is -2.06. The summed E-state index contributed by atoms with van der Waals surface area (Å²) in [5.74, 6) is 0. The number of unbranched alkanes of at least 4 members (excludes halogenated alkanes) is 1. The predicted molar refractivity (Wildman–Crippen MR) is 82.5 cm³/mol. The number of aryl methyl sites for hydroxylation is 2. The molecule has 0 aliphatic carbocycles. The van der Waals surface area contributed by atoms with Crippen LogP contribution in [0.1, 0.15) is 36.6 Å². The van der Waals surface area contributed by atoms with Crippen LogP contribution in [-0.2, 0) is 20.0 Å². The van der Waals surface area contributed by atoms with E-state index in [2.05, 4.69) is 42.6 Å². The van der Waals surface area contributed by atoms with Crippen LogP contribution < -0.4 is 5.32 Å². The van der Waals surface area contributed by atoms with E-state index in [0.717, 1.165) is 24.2 Å². The van der Waals surface area contributed by atoms with Gasteiger partial charge in [0.2, 0.25) is 0 Å². The maximum Gasteiger partial charge on any atom is 0.120 e. The van der Waals surface area contributed by atoms with E-state index in [-0.39, 0.29) is 0 Å². The van der Waals surface area contributed by atoms with Crippen molar-refractivity contribution in [3.8, 4) is 6.07 Å². The van der Waals surface area contributed by atoms with Gasteiger partial charge in [0, 0.05) is 25.5 Å². The summed E-state index contributed by atoms with van der Waals surface area (Å²) in [4.78, 5) is 0. The summed E-state index contributed by atoms with van der Waals surface area (Å²) in [5, 5.41) is 12.3. The number of anilines is 1. The third-order valence-corrected chi connectivity index (χ3v) is 3.45. The molecule has 0 fully saturated rings. The summed E-state index contributed by atoms with van der Waals surface area (Å²) in [6.45, 7) is 2.95. The van der Waals surface area contributed by atoms with Crippen molar-refractivity contribution < 1.29 is 0 Å². The van der Waals surface area contributed by atoms with Crippen molar-refractivity contribution in [1.82, 2.24) is 4.57 Å². The van der Waals surface area contributed by atoms with Gasteiger partial charge in [-0.05, 0) is 42.2 Å². The fraction of sp³-hybridized carbons (Fsp3) is 0.353. The largest absolute Gasteiger partial charge is 0.381 e. The van der Waals surface area contributed by atoms with Gasteiger partial charge in [-0.1, -0.05) is 25.5 Å². The van der Waals surface area contributed by atoms with Crippen LogP contribution in [0, 0.1) is 11.3 Å². The number of aromatic nitrogens is 1. The van der Waals surface area contributed by atoms with E-state index < -0.39 is 0 Å². The normalized spacial score (nSPS) is 10.2. The summed E-state index contributed by atoms with van der Waals surface area (Å²) >= 11 is 0. The van der Waals surface area contributed by atoms with Crippen LogP contribution in [0.15, 0.2) is 36.5 Å². The van der Waals surface area contributed by atoms with Crippen molar-refractivity contribution in [3.63, 3.8) is 0 Å². The molecule has 3 heteroatoms.